The maximum atomic E-state index is 13.9. The van der Waals surface area contributed by atoms with Crippen LogP contribution in [0, 0.1) is 0 Å². The molecule has 31 heavy (non-hydrogen) atoms. The molecule has 0 aliphatic heterocycles. The Kier molecular flexibility index (Phi) is 6.19. The fourth-order valence-electron chi connectivity index (χ4n) is 3.19. The van der Waals surface area contributed by atoms with E-state index in [0.717, 1.165) is 6.33 Å². The van der Waals surface area contributed by atoms with Gasteiger partial charge in [-0.3, -0.25) is 0 Å². The molecule has 3 rings (SSSR count). The van der Waals surface area contributed by atoms with Crippen molar-refractivity contribution in [2.45, 2.75) is 6.30 Å². The van der Waals surface area contributed by atoms with Crippen molar-refractivity contribution in [2.75, 3.05) is 35.5 Å². The Labute approximate surface area is 176 Å². The van der Waals surface area contributed by atoms with Crippen LogP contribution < -0.4 is 23.7 Å². The van der Waals surface area contributed by atoms with Crippen LogP contribution in [-0.2, 0) is 6.30 Å². The van der Waals surface area contributed by atoms with Crippen molar-refractivity contribution in [1.29, 1.82) is 0 Å². The number of alkyl halides is 3. The quantitative estimate of drug-likeness (QED) is 0.531. The molecule has 3 aromatic rings. The first-order valence-corrected chi connectivity index (χ1v) is 8.95. The molecule has 0 aliphatic rings. The Morgan fingerprint density at radius 2 is 1.26 bits per heavy atom. The van der Waals surface area contributed by atoms with Crippen molar-refractivity contribution in [3.8, 4) is 51.3 Å². The summed E-state index contributed by atoms with van der Waals surface area (Å²) in [6, 6.07) is 7.63. The first-order valence-electron chi connectivity index (χ1n) is 8.95. The minimum absolute atomic E-state index is 0.0730. The molecule has 10 heteroatoms. The summed E-state index contributed by atoms with van der Waals surface area (Å²) in [6.45, 7) is 0. The highest BCUT2D eigenvalue weighted by Crippen LogP contribution is 2.45. The van der Waals surface area contributed by atoms with Crippen LogP contribution >= 0.6 is 0 Å². The lowest BCUT2D eigenvalue weighted by Gasteiger charge is -2.17. The van der Waals surface area contributed by atoms with Gasteiger partial charge in [0.2, 0.25) is 5.75 Å². The van der Waals surface area contributed by atoms with Crippen LogP contribution in [0.1, 0.15) is 0 Å². The first-order chi connectivity index (χ1) is 14.8. The first kappa shape index (κ1) is 22.1. The molecule has 0 atom stereocenters. The van der Waals surface area contributed by atoms with Crippen molar-refractivity contribution in [3.63, 3.8) is 0 Å². The number of hydrogen-bond acceptors (Lipinski definition) is 6. The predicted octanol–water partition coefficient (Wildman–Crippen LogP) is 4.74. The van der Waals surface area contributed by atoms with E-state index in [2.05, 4.69) is 4.98 Å². The van der Waals surface area contributed by atoms with Gasteiger partial charge < -0.3 is 23.7 Å². The second-order valence-electron chi connectivity index (χ2n) is 6.29. The SMILES string of the molecule is COc1cc(OC)cc(-c2ncn(C(F)(F)F)c2-c2cc(OC)c(OC)c(OC)c2)c1. The van der Waals surface area contributed by atoms with Gasteiger partial charge in [-0.2, -0.15) is 0 Å². The number of rotatable bonds is 7. The van der Waals surface area contributed by atoms with E-state index in [0.29, 0.717) is 17.1 Å². The van der Waals surface area contributed by atoms with Crippen molar-refractivity contribution in [1.82, 2.24) is 9.55 Å². The van der Waals surface area contributed by atoms with Crippen molar-refractivity contribution in [3.05, 3.63) is 36.7 Å². The van der Waals surface area contributed by atoms with Gasteiger partial charge in [-0.1, -0.05) is 0 Å². The Hall–Kier alpha value is -3.56. The zero-order valence-corrected chi connectivity index (χ0v) is 17.5. The monoisotopic (exact) mass is 438 g/mol. The summed E-state index contributed by atoms with van der Waals surface area (Å²) in [7, 11) is 7.08. The van der Waals surface area contributed by atoms with Crippen LogP contribution in [0.2, 0.25) is 0 Å². The molecule has 0 saturated carbocycles. The predicted molar refractivity (Wildman–Crippen MR) is 107 cm³/mol. The molecule has 0 fully saturated rings. The van der Waals surface area contributed by atoms with Crippen LogP contribution in [0.25, 0.3) is 22.5 Å². The van der Waals surface area contributed by atoms with E-state index >= 15 is 0 Å². The van der Waals surface area contributed by atoms with E-state index in [4.69, 9.17) is 23.7 Å². The van der Waals surface area contributed by atoms with E-state index < -0.39 is 6.30 Å². The fraction of sp³-hybridized carbons (Fsp3) is 0.286. The molecule has 0 radical (unpaired) electrons. The molecule has 1 heterocycles. The van der Waals surface area contributed by atoms with E-state index in [1.54, 1.807) is 18.2 Å². The number of hydrogen-bond donors (Lipinski definition) is 0. The lowest BCUT2D eigenvalue weighted by atomic mass is 10.0. The number of methoxy groups -OCH3 is 5. The van der Waals surface area contributed by atoms with Gasteiger partial charge in [0.15, 0.2) is 11.5 Å². The molecule has 166 valence electrons. The highest BCUT2D eigenvalue weighted by atomic mass is 19.4. The summed E-state index contributed by atoms with van der Waals surface area (Å²) in [5.74, 6) is 1.50. The second kappa shape index (κ2) is 8.66. The standard InChI is InChI=1S/C21H21F3N2O5/c1-27-14-6-12(7-15(10-14)28-2)18-19(26(11-25-18)21(22,23)24)13-8-16(29-3)20(31-5)17(9-13)30-4/h6-11H,1-5H3. The maximum absolute atomic E-state index is 13.9. The third-order valence-corrected chi connectivity index (χ3v) is 4.60. The highest BCUT2D eigenvalue weighted by molar-refractivity contribution is 5.82. The Balaban J connectivity index is 2.34. The van der Waals surface area contributed by atoms with E-state index in [1.165, 1.54) is 47.7 Å². The van der Waals surface area contributed by atoms with Gasteiger partial charge in [-0.05, 0) is 24.3 Å². The highest BCUT2D eigenvalue weighted by Gasteiger charge is 2.36. The minimum Gasteiger partial charge on any atom is -0.497 e. The Bertz CT molecular complexity index is 1030. The van der Waals surface area contributed by atoms with Crippen LogP contribution in [0.15, 0.2) is 36.7 Å². The number of imidazole rings is 1. The fourth-order valence-corrected chi connectivity index (χ4v) is 3.19. The molecule has 0 saturated heterocycles. The summed E-state index contributed by atoms with van der Waals surface area (Å²) in [5, 5.41) is 0. The number of benzene rings is 2. The zero-order chi connectivity index (χ0) is 22.8. The molecule has 0 bridgehead atoms. The molecule has 0 spiro atoms. The molecule has 7 nitrogen and oxygen atoms in total. The van der Waals surface area contributed by atoms with Crippen LogP contribution in [0.4, 0.5) is 13.2 Å². The third kappa shape index (κ3) is 4.18. The summed E-state index contributed by atoms with van der Waals surface area (Å²) < 4.78 is 68.1. The topological polar surface area (TPSA) is 64.0 Å². The largest absolute Gasteiger partial charge is 0.497 e. The molecule has 2 aromatic carbocycles. The van der Waals surface area contributed by atoms with Gasteiger partial charge in [0.25, 0.3) is 0 Å². The van der Waals surface area contributed by atoms with Crippen LogP contribution in [0.5, 0.6) is 28.7 Å². The van der Waals surface area contributed by atoms with Crippen molar-refractivity contribution < 1.29 is 36.9 Å². The Morgan fingerprint density at radius 1 is 0.710 bits per heavy atom. The van der Waals surface area contributed by atoms with Gasteiger partial charge in [0, 0.05) is 17.2 Å². The maximum Gasteiger partial charge on any atom is 0.490 e. The molecule has 0 amide bonds. The average molecular weight is 438 g/mol. The number of ether oxygens (including phenoxy) is 5. The molecule has 0 aliphatic carbocycles. The average Bonchev–Trinajstić information content (AvgIpc) is 3.23. The molecular weight excluding hydrogens is 417 g/mol. The Morgan fingerprint density at radius 3 is 1.68 bits per heavy atom. The van der Waals surface area contributed by atoms with Gasteiger partial charge in [0.05, 0.1) is 46.9 Å². The number of aromatic nitrogens is 2. The summed E-state index contributed by atoms with van der Waals surface area (Å²) in [4.78, 5) is 4.05. The third-order valence-electron chi connectivity index (χ3n) is 4.60. The van der Waals surface area contributed by atoms with Gasteiger partial charge >= 0.3 is 6.30 Å². The van der Waals surface area contributed by atoms with Crippen LogP contribution in [-0.4, -0.2) is 45.1 Å². The lowest BCUT2D eigenvalue weighted by Crippen LogP contribution is -2.16. The van der Waals surface area contributed by atoms with Gasteiger partial charge in [-0.15, -0.1) is 13.2 Å². The number of nitrogens with zero attached hydrogens (tertiary/aromatic N) is 2. The summed E-state index contributed by atoms with van der Waals surface area (Å²) in [5.41, 5.74) is 0.412. The van der Waals surface area contributed by atoms with Gasteiger partial charge in [0.1, 0.15) is 17.8 Å². The lowest BCUT2D eigenvalue weighted by molar-refractivity contribution is -0.202. The van der Waals surface area contributed by atoms with E-state index in [-0.39, 0.29) is 38.8 Å². The van der Waals surface area contributed by atoms with E-state index in [1.807, 2.05) is 0 Å². The molecule has 0 unspecified atom stereocenters. The minimum atomic E-state index is -4.72. The molecular formula is C21H21F3N2O5. The molecule has 0 N–H and O–H groups in total. The smallest absolute Gasteiger partial charge is 0.490 e. The number of halogens is 3. The van der Waals surface area contributed by atoms with Gasteiger partial charge in [-0.25, -0.2) is 9.55 Å². The summed E-state index contributed by atoms with van der Waals surface area (Å²) >= 11 is 0. The van der Waals surface area contributed by atoms with Crippen LogP contribution in [0.3, 0.4) is 0 Å². The zero-order valence-electron chi connectivity index (χ0n) is 17.5. The van der Waals surface area contributed by atoms with E-state index in [9.17, 15) is 13.2 Å². The normalized spacial score (nSPS) is 11.2. The second-order valence-corrected chi connectivity index (χ2v) is 6.29. The molecule has 1 aromatic heterocycles. The van der Waals surface area contributed by atoms with Crippen molar-refractivity contribution >= 4 is 0 Å². The summed E-state index contributed by atoms with van der Waals surface area (Å²) in [6.07, 6.45) is -4.00. The van der Waals surface area contributed by atoms with Crippen molar-refractivity contribution in [2.24, 2.45) is 0 Å².